The normalized spacial score (nSPS) is 16.7. The van der Waals surface area contributed by atoms with Crippen molar-refractivity contribution in [1.29, 1.82) is 0 Å². The Labute approximate surface area is 171 Å². The molecule has 3 rings (SSSR count). The molecule has 1 aliphatic heterocycles. The van der Waals surface area contributed by atoms with Crippen molar-refractivity contribution in [3.8, 4) is 11.3 Å². The largest absolute Gasteiger partial charge is 0.383 e. The van der Waals surface area contributed by atoms with Crippen molar-refractivity contribution in [3.05, 3.63) is 40.6 Å². The maximum Gasteiger partial charge on any atom is 0.276 e. The zero-order valence-corrected chi connectivity index (χ0v) is 17.6. The number of piperidine rings is 1. The highest BCUT2D eigenvalue weighted by atomic mass is 16.5. The lowest BCUT2D eigenvalue weighted by molar-refractivity contribution is -0.126. The number of amides is 2. The lowest BCUT2D eigenvalue weighted by atomic mass is 9.96. The first-order valence-electron chi connectivity index (χ1n) is 10.0. The minimum atomic E-state index is -0.211. The first kappa shape index (κ1) is 21.0. The molecular weight excluding hydrogens is 370 g/mol. The number of carbonyl (C=O) groups is 2. The molecule has 156 valence electrons. The summed E-state index contributed by atoms with van der Waals surface area (Å²) in [6.07, 6.45) is 1.56. The second-order valence-electron chi connectivity index (χ2n) is 7.72. The maximum atomic E-state index is 12.9. The Morgan fingerprint density at radius 3 is 2.66 bits per heavy atom. The minimum absolute atomic E-state index is 0.0358. The van der Waals surface area contributed by atoms with Crippen LogP contribution in [0.1, 0.15) is 40.0 Å². The summed E-state index contributed by atoms with van der Waals surface area (Å²) in [5.41, 5.74) is 4.60. The number of ether oxygens (including phenoxy) is 1. The van der Waals surface area contributed by atoms with Crippen molar-refractivity contribution in [2.24, 2.45) is 5.92 Å². The molecule has 2 heterocycles. The fourth-order valence-corrected chi connectivity index (χ4v) is 4.02. The Kier molecular flexibility index (Phi) is 6.69. The van der Waals surface area contributed by atoms with Crippen LogP contribution in [0.25, 0.3) is 11.3 Å². The van der Waals surface area contributed by atoms with E-state index in [2.05, 4.69) is 29.5 Å². The first-order valence-corrected chi connectivity index (χ1v) is 10.0. The van der Waals surface area contributed by atoms with Gasteiger partial charge in [-0.1, -0.05) is 22.9 Å². The smallest absolute Gasteiger partial charge is 0.276 e. The average molecular weight is 399 g/mol. The summed E-state index contributed by atoms with van der Waals surface area (Å²) in [5.74, 6) is 0.148. The molecule has 1 aromatic carbocycles. The molecule has 1 saturated heterocycles. The number of likely N-dealkylation sites (tertiary alicyclic amines) is 1. The number of hydrogen-bond donors (Lipinski definition) is 1. The number of nitrogens with one attached hydrogen (secondary N) is 1. The molecule has 1 atom stereocenters. The van der Waals surface area contributed by atoms with E-state index in [1.807, 2.05) is 13.8 Å². The number of hydrogen-bond acceptors (Lipinski definition) is 5. The van der Waals surface area contributed by atoms with Gasteiger partial charge in [-0.25, -0.2) is 0 Å². The number of aryl methyl sites for hydroxylation is 3. The SMILES string of the molecule is COCCNC(=O)C1CCCN(C(=O)c2cc(-c3c(C)cc(C)cc3C)on2)C1. The second kappa shape index (κ2) is 9.22. The van der Waals surface area contributed by atoms with Crippen molar-refractivity contribution in [1.82, 2.24) is 15.4 Å². The number of benzene rings is 1. The highest BCUT2D eigenvalue weighted by Crippen LogP contribution is 2.29. The van der Waals surface area contributed by atoms with Crippen LogP contribution in [0.2, 0.25) is 0 Å². The van der Waals surface area contributed by atoms with Gasteiger partial charge in [0.25, 0.3) is 5.91 Å². The summed E-state index contributed by atoms with van der Waals surface area (Å²) in [6, 6.07) is 5.88. The number of nitrogens with zero attached hydrogens (tertiary/aromatic N) is 2. The molecule has 1 unspecified atom stereocenters. The highest BCUT2D eigenvalue weighted by molar-refractivity contribution is 5.94. The Bertz CT molecular complexity index is 867. The van der Waals surface area contributed by atoms with Gasteiger partial charge in [-0.15, -0.1) is 0 Å². The molecule has 0 spiro atoms. The van der Waals surface area contributed by atoms with E-state index >= 15 is 0 Å². The molecule has 7 heteroatoms. The van der Waals surface area contributed by atoms with Gasteiger partial charge >= 0.3 is 0 Å². The molecule has 29 heavy (non-hydrogen) atoms. The van der Waals surface area contributed by atoms with Crippen LogP contribution in [-0.2, 0) is 9.53 Å². The molecule has 1 fully saturated rings. The van der Waals surface area contributed by atoms with E-state index in [0.29, 0.717) is 32.0 Å². The second-order valence-corrected chi connectivity index (χ2v) is 7.72. The van der Waals surface area contributed by atoms with Gasteiger partial charge < -0.3 is 19.5 Å². The highest BCUT2D eigenvalue weighted by Gasteiger charge is 2.30. The maximum absolute atomic E-state index is 12.9. The van der Waals surface area contributed by atoms with E-state index in [4.69, 9.17) is 9.26 Å². The third kappa shape index (κ3) is 4.85. The van der Waals surface area contributed by atoms with E-state index in [1.165, 1.54) is 5.56 Å². The monoisotopic (exact) mass is 399 g/mol. The standard InChI is InChI=1S/C22H29N3O4/c1-14-10-15(2)20(16(3)11-14)19-12-18(24-29-19)22(27)25-8-5-6-17(13-25)21(26)23-7-9-28-4/h10-12,17H,5-9,13H2,1-4H3,(H,23,26). The summed E-state index contributed by atoms with van der Waals surface area (Å²) >= 11 is 0. The molecule has 7 nitrogen and oxygen atoms in total. The summed E-state index contributed by atoms with van der Waals surface area (Å²) < 4.78 is 10.5. The van der Waals surface area contributed by atoms with Gasteiger partial charge in [-0.2, -0.15) is 0 Å². The van der Waals surface area contributed by atoms with Crippen molar-refractivity contribution >= 4 is 11.8 Å². The van der Waals surface area contributed by atoms with Crippen LogP contribution in [0.15, 0.2) is 22.7 Å². The van der Waals surface area contributed by atoms with E-state index in [9.17, 15) is 9.59 Å². The topological polar surface area (TPSA) is 84.7 Å². The lowest BCUT2D eigenvalue weighted by Crippen LogP contribution is -2.46. The summed E-state index contributed by atoms with van der Waals surface area (Å²) in [4.78, 5) is 27.0. The molecule has 2 amide bonds. The first-order chi connectivity index (χ1) is 13.9. The molecule has 1 N–H and O–H groups in total. The van der Waals surface area contributed by atoms with E-state index < -0.39 is 0 Å². The van der Waals surface area contributed by atoms with Crippen molar-refractivity contribution < 1.29 is 18.8 Å². The Hall–Kier alpha value is -2.67. The molecule has 0 radical (unpaired) electrons. The number of rotatable bonds is 6. The third-order valence-electron chi connectivity index (χ3n) is 5.34. The van der Waals surface area contributed by atoms with Gasteiger partial charge in [0.05, 0.1) is 12.5 Å². The van der Waals surface area contributed by atoms with Crippen molar-refractivity contribution in [3.63, 3.8) is 0 Å². The van der Waals surface area contributed by atoms with Crippen molar-refractivity contribution in [2.45, 2.75) is 33.6 Å². The zero-order chi connectivity index (χ0) is 21.0. The van der Waals surface area contributed by atoms with Gasteiger partial charge in [-0.05, 0) is 44.7 Å². The van der Waals surface area contributed by atoms with Gasteiger partial charge in [-0.3, -0.25) is 9.59 Å². The summed E-state index contributed by atoms with van der Waals surface area (Å²) in [7, 11) is 1.60. The van der Waals surface area contributed by atoms with Gasteiger partial charge in [0.2, 0.25) is 5.91 Å². The summed E-state index contributed by atoms with van der Waals surface area (Å²) in [5, 5.41) is 6.88. The van der Waals surface area contributed by atoms with Crippen LogP contribution in [-0.4, -0.2) is 55.2 Å². The van der Waals surface area contributed by atoms with Crippen LogP contribution >= 0.6 is 0 Å². The van der Waals surface area contributed by atoms with Crippen LogP contribution < -0.4 is 5.32 Å². The molecule has 0 bridgehead atoms. The van der Waals surface area contributed by atoms with Crippen molar-refractivity contribution in [2.75, 3.05) is 33.4 Å². The minimum Gasteiger partial charge on any atom is -0.383 e. The molecule has 1 aliphatic rings. The van der Waals surface area contributed by atoms with Crippen LogP contribution in [0.5, 0.6) is 0 Å². The van der Waals surface area contributed by atoms with E-state index in [-0.39, 0.29) is 23.4 Å². The lowest BCUT2D eigenvalue weighted by Gasteiger charge is -2.31. The molecule has 2 aromatic rings. The van der Waals surface area contributed by atoms with Gasteiger partial charge in [0.1, 0.15) is 0 Å². The number of carbonyl (C=O) groups excluding carboxylic acids is 2. The predicted molar refractivity (Wildman–Crippen MR) is 110 cm³/mol. The van der Waals surface area contributed by atoms with Gasteiger partial charge in [0.15, 0.2) is 11.5 Å². The molecular formula is C22H29N3O4. The Balaban J connectivity index is 1.71. The molecule has 0 saturated carbocycles. The predicted octanol–water partition coefficient (Wildman–Crippen LogP) is 2.88. The molecule has 1 aromatic heterocycles. The fraction of sp³-hybridized carbons (Fsp3) is 0.500. The summed E-state index contributed by atoms with van der Waals surface area (Å²) in [6.45, 7) is 8.06. The van der Waals surface area contributed by atoms with Crippen LogP contribution in [0, 0.1) is 26.7 Å². The van der Waals surface area contributed by atoms with Gasteiger partial charge in [0, 0.05) is 38.4 Å². The molecule has 0 aliphatic carbocycles. The number of methoxy groups -OCH3 is 1. The third-order valence-corrected chi connectivity index (χ3v) is 5.34. The van der Waals surface area contributed by atoms with E-state index in [1.54, 1.807) is 18.1 Å². The quantitative estimate of drug-likeness (QED) is 0.755. The Morgan fingerprint density at radius 2 is 1.97 bits per heavy atom. The van der Waals surface area contributed by atoms with Crippen LogP contribution in [0.4, 0.5) is 0 Å². The van der Waals surface area contributed by atoms with Crippen LogP contribution in [0.3, 0.4) is 0 Å². The average Bonchev–Trinajstić information content (AvgIpc) is 3.16. The Morgan fingerprint density at radius 1 is 1.24 bits per heavy atom. The zero-order valence-electron chi connectivity index (χ0n) is 17.6. The fourth-order valence-electron chi connectivity index (χ4n) is 4.02. The number of aromatic nitrogens is 1. The van der Waals surface area contributed by atoms with E-state index in [0.717, 1.165) is 29.5 Å².